The third-order valence-corrected chi connectivity index (χ3v) is 5.66. The maximum Gasteiger partial charge on any atom is 0.191 e. The van der Waals surface area contributed by atoms with Gasteiger partial charge in [-0.15, -0.1) is 24.0 Å². The fourth-order valence-electron chi connectivity index (χ4n) is 3.73. The summed E-state index contributed by atoms with van der Waals surface area (Å²) >= 11 is 0. The summed E-state index contributed by atoms with van der Waals surface area (Å²) < 4.78 is 0. The molecule has 0 spiro atoms. The fraction of sp³-hybridized carbons (Fsp3) is 0.500. The van der Waals surface area contributed by atoms with E-state index in [1.807, 2.05) is 6.20 Å². The molecule has 0 aliphatic carbocycles. The van der Waals surface area contributed by atoms with E-state index in [0.29, 0.717) is 6.54 Å². The lowest BCUT2D eigenvalue weighted by Gasteiger charge is -2.34. The van der Waals surface area contributed by atoms with Gasteiger partial charge in [0.05, 0.1) is 6.54 Å². The van der Waals surface area contributed by atoms with Gasteiger partial charge >= 0.3 is 0 Å². The number of likely N-dealkylation sites (N-methyl/N-ethyl adjacent to an activating group) is 1. The molecule has 3 rings (SSSR count). The van der Waals surface area contributed by atoms with Crippen LogP contribution in [0, 0.1) is 13.8 Å². The maximum atomic E-state index is 4.74. The largest absolute Gasteiger partial charge is 0.357 e. The van der Waals surface area contributed by atoms with Crippen molar-refractivity contribution in [1.82, 2.24) is 20.5 Å². The summed E-state index contributed by atoms with van der Waals surface area (Å²) in [7, 11) is 0. The zero-order chi connectivity index (χ0) is 21.3. The Kier molecular flexibility index (Phi) is 10.5. The number of nitrogens with one attached hydrogen (secondary N) is 2. The summed E-state index contributed by atoms with van der Waals surface area (Å²) in [5.74, 6) is 1.90. The SMILES string of the molecule is CCNC(=NCc1ccc(N2CCN(CC)CC2)nc1)NCc1ccc(C)cc1C.I. The molecule has 1 aromatic heterocycles. The Labute approximate surface area is 204 Å². The van der Waals surface area contributed by atoms with Crippen LogP contribution < -0.4 is 15.5 Å². The van der Waals surface area contributed by atoms with Crippen molar-refractivity contribution in [1.29, 1.82) is 0 Å². The maximum absolute atomic E-state index is 4.74. The van der Waals surface area contributed by atoms with Crippen molar-refractivity contribution in [3.63, 3.8) is 0 Å². The normalized spacial score (nSPS) is 14.8. The number of aliphatic imine (C=N–C) groups is 1. The summed E-state index contributed by atoms with van der Waals surface area (Å²) in [6.45, 7) is 16.2. The van der Waals surface area contributed by atoms with Gasteiger partial charge in [0.15, 0.2) is 5.96 Å². The number of aromatic nitrogens is 1. The molecule has 0 amide bonds. The Balaban J connectivity index is 0.00000341. The van der Waals surface area contributed by atoms with Crippen LogP contribution in [-0.2, 0) is 13.1 Å². The molecule has 0 saturated carbocycles. The molecule has 1 aliphatic heterocycles. The molecule has 0 radical (unpaired) electrons. The molecule has 1 saturated heterocycles. The van der Waals surface area contributed by atoms with Crippen LogP contribution >= 0.6 is 24.0 Å². The Hall–Kier alpha value is -1.87. The number of rotatable bonds is 7. The van der Waals surface area contributed by atoms with Crippen molar-refractivity contribution in [2.75, 3.05) is 44.2 Å². The van der Waals surface area contributed by atoms with E-state index < -0.39 is 0 Å². The van der Waals surface area contributed by atoms with Crippen LogP contribution in [0.25, 0.3) is 0 Å². The highest BCUT2D eigenvalue weighted by atomic mass is 127. The molecule has 31 heavy (non-hydrogen) atoms. The number of hydrogen-bond acceptors (Lipinski definition) is 4. The summed E-state index contributed by atoms with van der Waals surface area (Å²) in [6, 6.07) is 10.8. The van der Waals surface area contributed by atoms with E-state index in [0.717, 1.165) is 63.2 Å². The number of benzene rings is 1. The first-order chi connectivity index (χ1) is 14.6. The van der Waals surface area contributed by atoms with Crippen molar-refractivity contribution in [3.8, 4) is 0 Å². The van der Waals surface area contributed by atoms with Gasteiger partial charge in [-0.2, -0.15) is 0 Å². The quantitative estimate of drug-likeness (QED) is 0.321. The molecule has 0 atom stereocenters. The van der Waals surface area contributed by atoms with Crippen LogP contribution in [0.4, 0.5) is 5.82 Å². The lowest BCUT2D eigenvalue weighted by atomic mass is 10.1. The van der Waals surface area contributed by atoms with E-state index in [4.69, 9.17) is 4.99 Å². The predicted octanol–water partition coefficient (Wildman–Crippen LogP) is 3.71. The van der Waals surface area contributed by atoms with Crippen LogP contribution in [0.2, 0.25) is 0 Å². The Morgan fingerprint density at radius 1 is 1.03 bits per heavy atom. The Bertz CT molecular complexity index is 828. The van der Waals surface area contributed by atoms with Gasteiger partial charge in [-0.25, -0.2) is 9.98 Å². The number of nitrogens with zero attached hydrogens (tertiary/aromatic N) is 4. The summed E-state index contributed by atoms with van der Waals surface area (Å²) in [6.07, 6.45) is 1.96. The predicted molar refractivity (Wildman–Crippen MR) is 142 cm³/mol. The molecule has 1 fully saturated rings. The molecule has 1 aliphatic rings. The van der Waals surface area contributed by atoms with Gasteiger partial charge in [0, 0.05) is 45.5 Å². The van der Waals surface area contributed by atoms with Gasteiger partial charge in [-0.3, -0.25) is 0 Å². The standard InChI is InChI=1S/C24H36N6.HI/c1-5-25-24(28-18-22-9-7-19(3)15-20(22)4)27-17-21-8-10-23(26-16-21)30-13-11-29(6-2)12-14-30;/h7-10,15-16H,5-6,11-14,17-18H2,1-4H3,(H2,25,27,28);1H. The molecular formula is C24H37IN6. The lowest BCUT2D eigenvalue weighted by molar-refractivity contribution is 0.270. The van der Waals surface area contributed by atoms with Crippen LogP contribution in [0.3, 0.4) is 0 Å². The van der Waals surface area contributed by atoms with Crippen molar-refractivity contribution < 1.29 is 0 Å². The summed E-state index contributed by atoms with van der Waals surface area (Å²) in [5.41, 5.74) is 5.01. The lowest BCUT2D eigenvalue weighted by Crippen LogP contribution is -2.46. The number of pyridine rings is 1. The van der Waals surface area contributed by atoms with Crippen LogP contribution in [-0.4, -0.2) is 55.1 Å². The Morgan fingerprint density at radius 3 is 2.42 bits per heavy atom. The third-order valence-electron chi connectivity index (χ3n) is 5.66. The fourth-order valence-corrected chi connectivity index (χ4v) is 3.73. The van der Waals surface area contributed by atoms with E-state index in [9.17, 15) is 0 Å². The van der Waals surface area contributed by atoms with Gasteiger partial charge < -0.3 is 20.4 Å². The number of guanidine groups is 1. The number of hydrogen-bond donors (Lipinski definition) is 2. The second kappa shape index (κ2) is 12.9. The topological polar surface area (TPSA) is 55.8 Å². The van der Waals surface area contributed by atoms with Crippen LogP contribution in [0.15, 0.2) is 41.5 Å². The van der Waals surface area contributed by atoms with E-state index in [2.05, 4.69) is 83.4 Å². The first-order valence-corrected chi connectivity index (χ1v) is 11.1. The van der Waals surface area contributed by atoms with E-state index >= 15 is 0 Å². The van der Waals surface area contributed by atoms with Gasteiger partial charge in [-0.05, 0) is 50.1 Å². The first kappa shape index (κ1) is 25.4. The average molecular weight is 537 g/mol. The monoisotopic (exact) mass is 536 g/mol. The van der Waals surface area contributed by atoms with E-state index in [1.54, 1.807) is 0 Å². The molecular weight excluding hydrogens is 499 g/mol. The molecule has 7 heteroatoms. The van der Waals surface area contributed by atoms with Crippen LogP contribution in [0.1, 0.15) is 36.1 Å². The van der Waals surface area contributed by atoms with Gasteiger partial charge in [0.25, 0.3) is 0 Å². The van der Waals surface area contributed by atoms with Gasteiger partial charge in [-0.1, -0.05) is 36.8 Å². The van der Waals surface area contributed by atoms with Gasteiger partial charge in [0.2, 0.25) is 0 Å². The number of piperazine rings is 1. The molecule has 2 heterocycles. The number of aryl methyl sites for hydroxylation is 2. The molecule has 0 bridgehead atoms. The number of anilines is 1. The zero-order valence-electron chi connectivity index (χ0n) is 19.3. The van der Waals surface area contributed by atoms with Crippen molar-refractivity contribution in [2.24, 2.45) is 4.99 Å². The number of halogens is 1. The summed E-state index contributed by atoms with van der Waals surface area (Å²) in [4.78, 5) is 14.3. The zero-order valence-corrected chi connectivity index (χ0v) is 21.6. The molecule has 2 aromatic rings. The second-order valence-electron chi connectivity index (χ2n) is 7.92. The van der Waals surface area contributed by atoms with E-state index in [-0.39, 0.29) is 24.0 Å². The molecule has 2 N–H and O–H groups in total. The smallest absolute Gasteiger partial charge is 0.191 e. The highest BCUT2D eigenvalue weighted by molar-refractivity contribution is 14.0. The molecule has 0 unspecified atom stereocenters. The summed E-state index contributed by atoms with van der Waals surface area (Å²) in [5, 5.41) is 6.78. The highest BCUT2D eigenvalue weighted by Gasteiger charge is 2.16. The highest BCUT2D eigenvalue weighted by Crippen LogP contribution is 2.14. The minimum atomic E-state index is 0. The van der Waals surface area contributed by atoms with Gasteiger partial charge in [0.1, 0.15) is 5.82 Å². The molecule has 6 nitrogen and oxygen atoms in total. The van der Waals surface area contributed by atoms with Crippen LogP contribution in [0.5, 0.6) is 0 Å². The van der Waals surface area contributed by atoms with Crippen molar-refractivity contribution in [3.05, 3.63) is 58.8 Å². The van der Waals surface area contributed by atoms with Crippen molar-refractivity contribution in [2.45, 2.75) is 40.8 Å². The third kappa shape index (κ3) is 7.64. The molecule has 170 valence electrons. The minimum absolute atomic E-state index is 0. The average Bonchev–Trinajstić information content (AvgIpc) is 2.77. The second-order valence-corrected chi connectivity index (χ2v) is 7.92. The minimum Gasteiger partial charge on any atom is -0.357 e. The Morgan fingerprint density at radius 2 is 1.81 bits per heavy atom. The molecule has 1 aromatic carbocycles. The first-order valence-electron chi connectivity index (χ1n) is 11.1. The van der Waals surface area contributed by atoms with Crippen molar-refractivity contribution >= 4 is 35.8 Å². The van der Waals surface area contributed by atoms with E-state index in [1.165, 1.54) is 16.7 Å².